The van der Waals surface area contributed by atoms with Crippen LogP contribution in [-0.4, -0.2) is 46.8 Å². The van der Waals surface area contributed by atoms with Gasteiger partial charge in [0.15, 0.2) is 0 Å². The van der Waals surface area contributed by atoms with E-state index in [1.165, 1.54) is 32.1 Å². The molecule has 2 N–H and O–H groups in total. The summed E-state index contributed by atoms with van der Waals surface area (Å²) in [6.45, 7) is 6.17. The highest BCUT2D eigenvalue weighted by molar-refractivity contribution is 7.99. The smallest absolute Gasteiger partial charge is 0.324 e. The summed E-state index contributed by atoms with van der Waals surface area (Å²) < 4.78 is 40.1. The molecule has 0 amide bonds. The average Bonchev–Trinajstić information content (AvgIpc) is 2.73. The molecular weight excluding hydrogens is 470 g/mol. The van der Waals surface area contributed by atoms with E-state index < -0.39 is 21.5 Å². The van der Waals surface area contributed by atoms with Crippen molar-refractivity contribution in [1.29, 1.82) is 0 Å². The number of thioether (sulfide) groups is 1. The molecule has 0 aliphatic carbocycles. The fraction of sp³-hybridized carbons (Fsp3) is 1.00. The topological polar surface area (TPSA) is 102 Å². The first-order chi connectivity index (χ1) is 15.3. The zero-order valence-electron chi connectivity index (χ0n) is 20.5. The maximum atomic E-state index is 12.5. The Labute approximate surface area is 200 Å². The molecule has 0 fully saturated rings. The third kappa shape index (κ3) is 21.2. The number of hydrogen-bond donors (Lipinski definition) is 2. The molecule has 0 heterocycles. The maximum Gasteiger partial charge on any atom is 0.472 e. The number of phosphoric ester groups is 1. The number of hydrogen-bond acceptors (Lipinski definition) is 6. The van der Waals surface area contributed by atoms with Crippen molar-refractivity contribution in [2.75, 3.05) is 30.9 Å². The lowest BCUT2D eigenvalue weighted by Gasteiger charge is -2.22. The van der Waals surface area contributed by atoms with Crippen molar-refractivity contribution >= 4 is 27.2 Å². The molecule has 32 heavy (non-hydrogen) atoms. The van der Waals surface area contributed by atoms with Crippen molar-refractivity contribution in [2.24, 2.45) is 0 Å². The fourth-order valence-corrected chi connectivity index (χ4v) is 6.27. The molecule has 3 atom stereocenters. The Kier molecular flexibility index (Phi) is 21.3. The summed E-state index contributed by atoms with van der Waals surface area (Å²) in [4.78, 5) is 20.1. The Bertz CT molecular complexity index is 523. The predicted molar refractivity (Wildman–Crippen MR) is 136 cm³/mol. The molecule has 0 aromatic carbocycles. The van der Waals surface area contributed by atoms with Crippen molar-refractivity contribution in [1.82, 2.24) is 0 Å². The Morgan fingerprint density at radius 3 is 1.94 bits per heavy atom. The van der Waals surface area contributed by atoms with Gasteiger partial charge in [-0.15, -0.1) is 0 Å². The zero-order valence-corrected chi connectivity index (χ0v) is 23.1. The van der Waals surface area contributed by atoms with Gasteiger partial charge < -0.3 is 14.3 Å². The SMILES string of the molecule is CCCCCCCCSC[C@@H](COP(=O)(O)OCCCC)OP(=O)(O)CCCCCCC. The lowest BCUT2D eigenvalue weighted by molar-refractivity contribution is 0.0894. The minimum Gasteiger partial charge on any atom is -0.324 e. The van der Waals surface area contributed by atoms with Crippen molar-refractivity contribution in [3.63, 3.8) is 0 Å². The van der Waals surface area contributed by atoms with Crippen molar-refractivity contribution in [3.05, 3.63) is 0 Å². The molecule has 0 aromatic heterocycles. The summed E-state index contributed by atoms with van der Waals surface area (Å²) in [5.74, 6) is 1.35. The summed E-state index contributed by atoms with van der Waals surface area (Å²) in [5.41, 5.74) is 0. The lowest BCUT2D eigenvalue weighted by Crippen LogP contribution is -2.22. The molecule has 0 aliphatic rings. The molecule has 0 spiro atoms. The normalized spacial score (nSPS) is 16.5. The number of rotatable bonds is 24. The van der Waals surface area contributed by atoms with Gasteiger partial charge in [-0.25, -0.2) is 4.57 Å². The molecule has 0 bridgehead atoms. The van der Waals surface area contributed by atoms with Gasteiger partial charge in [0.2, 0.25) is 0 Å². The summed E-state index contributed by atoms with van der Waals surface area (Å²) in [6.07, 6.45) is 12.9. The van der Waals surface area contributed by atoms with Gasteiger partial charge in [-0.05, 0) is 25.0 Å². The number of unbranched alkanes of at least 4 members (excludes halogenated alkanes) is 10. The molecule has 0 saturated carbocycles. The second kappa shape index (κ2) is 20.9. The summed E-state index contributed by atoms with van der Waals surface area (Å²) in [6, 6.07) is 0. The van der Waals surface area contributed by atoms with Gasteiger partial charge >= 0.3 is 15.4 Å². The van der Waals surface area contributed by atoms with E-state index in [-0.39, 0.29) is 19.4 Å². The highest BCUT2D eigenvalue weighted by Gasteiger charge is 2.28. The van der Waals surface area contributed by atoms with E-state index in [2.05, 4.69) is 13.8 Å². The third-order valence-corrected chi connectivity index (χ3v) is 8.66. The van der Waals surface area contributed by atoms with E-state index in [1.807, 2.05) is 6.92 Å². The minimum atomic E-state index is -4.20. The van der Waals surface area contributed by atoms with E-state index >= 15 is 0 Å². The minimum absolute atomic E-state index is 0.0963. The highest BCUT2D eigenvalue weighted by Crippen LogP contribution is 2.47. The summed E-state index contributed by atoms with van der Waals surface area (Å²) in [5, 5.41) is 0. The van der Waals surface area contributed by atoms with E-state index in [9.17, 15) is 18.9 Å². The van der Waals surface area contributed by atoms with Crippen molar-refractivity contribution in [2.45, 2.75) is 110 Å². The summed E-state index contributed by atoms with van der Waals surface area (Å²) >= 11 is 1.62. The highest BCUT2D eigenvalue weighted by atomic mass is 32.2. The molecule has 0 aromatic rings. The van der Waals surface area contributed by atoms with Crippen LogP contribution in [0.2, 0.25) is 0 Å². The second-order valence-electron chi connectivity index (χ2n) is 8.30. The summed E-state index contributed by atoms with van der Waals surface area (Å²) in [7, 11) is -7.98. The quantitative estimate of drug-likeness (QED) is 0.0997. The van der Waals surface area contributed by atoms with Crippen LogP contribution in [0.25, 0.3) is 0 Å². The molecule has 0 radical (unpaired) electrons. The second-order valence-corrected chi connectivity index (χ2v) is 12.8. The largest absolute Gasteiger partial charge is 0.472 e. The van der Waals surface area contributed by atoms with Gasteiger partial charge in [0.05, 0.1) is 13.2 Å². The van der Waals surface area contributed by atoms with Gasteiger partial charge in [0.25, 0.3) is 0 Å². The first-order valence-electron chi connectivity index (χ1n) is 12.5. The fourth-order valence-electron chi connectivity index (χ4n) is 3.05. The van der Waals surface area contributed by atoms with Crippen LogP contribution in [0.3, 0.4) is 0 Å². The van der Waals surface area contributed by atoms with Crippen LogP contribution in [0.15, 0.2) is 0 Å². The molecule has 0 saturated heterocycles. The van der Waals surface area contributed by atoms with Crippen LogP contribution >= 0.6 is 27.2 Å². The Hall–Kier alpha value is 0.610. The van der Waals surface area contributed by atoms with E-state index in [0.29, 0.717) is 18.6 Å². The molecule has 194 valence electrons. The predicted octanol–water partition coefficient (Wildman–Crippen LogP) is 7.55. The van der Waals surface area contributed by atoms with Gasteiger partial charge in [-0.1, -0.05) is 85.0 Å². The van der Waals surface area contributed by atoms with Crippen LogP contribution in [0.5, 0.6) is 0 Å². The first-order valence-corrected chi connectivity index (χ1v) is 16.9. The molecule has 0 rings (SSSR count). The molecule has 10 heteroatoms. The molecule has 2 unspecified atom stereocenters. The van der Waals surface area contributed by atoms with Crippen molar-refractivity contribution in [3.8, 4) is 0 Å². The molecule has 7 nitrogen and oxygen atoms in total. The molecular formula is C22H48O7P2S. The Morgan fingerprint density at radius 1 is 0.750 bits per heavy atom. The monoisotopic (exact) mass is 518 g/mol. The Morgan fingerprint density at radius 2 is 1.31 bits per heavy atom. The van der Waals surface area contributed by atoms with Crippen LogP contribution in [-0.2, 0) is 22.7 Å². The van der Waals surface area contributed by atoms with Crippen LogP contribution in [0.4, 0.5) is 0 Å². The van der Waals surface area contributed by atoms with Gasteiger partial charge in [-0.3, -0.25) is 13.6 Å². The van der Waals surface area contributed by atoms with Crippen molar-refractivity contribution < 1.29 is 32.5 Å². The first kappa shape index (κ1) is 32.6. The standard InChI is InChI=1S/C22H48O7P2S/c1-4-7-10-12-14-16-19-32-21-22(20-28-31(25,26)27-17-9-6-3)29-30(23,24)18-15-13-11-8-5-2/h22H,4-21H2,1-3H3,(H,23,24)(H,25,26)/t22-/m1/s1. The van der Waals surface area contributed by atoms with Gasteiger partial charge in [0, 0.05) is 11.9 Å². The van der Waals surface area contributed by atoms with Gasteiger partial charge in [0.1, 0.15) is 6.10 Å². The van der Waals surface area contributed by atoms with Crippen LogP contribution in [0, 0.1) is 0 Å². The zero-order chi connectivity index (χ0) is 24.1. The van der Waals surface area contributed by atoms with Crippen LogP contribution in [0.1, 0.15) is 104 Å². The molecule has 0 aliphatic heterocycles. The van der Waals surface area contributed by atoms with E-state index in [0.717, 1.165) is 44.3 Å². The Balaban J connectivity index is 4.53. The maximum absolute atomic E-state index is 12.5. The lowest BCUT2D eigenvalue weighted by atomic mass is 10.1. The average molecular weight is 519 g/mol. The van der Waals surface area contributed by atoms with E-state index in [4.69, 9.17) is 13.6 Å². The van der Waals surface area contributed by atoms with E-state index in [1.54, 1.807) is 11.8 Å². The third-order valence-electron chi connectivity index (χ3n) is 4.98. The van der Waals surface area contributed by atoms with Crippen LogP contribution < -0.4 is 0 Å². The number of phosphoric acid groups is 1. The van der Waals surface area contributed by atoms with Gasteiger partial charge in [-0.2, -0.15) is 11.8 Å².